The Morgan fingerprint density at radius 1 is 1.55 bits per heavy atom. The summed E-state index contributed by atoms with van der Waals surface area (Å²) in [6.45, 7) is 8.07. The first-order chi connectivity index (χ1) is 10.6. The normalized spacial score (nSPS) is 21.1. The Morgan fingerprint density at radius 3 is 3.23 bits per heavy atom. The van der Waals surface area contributed by atoms with Crippen molar-refractivity contribution in [2.24, 2.45) is 0 Å². The number of fused-ring (bicyclic) bond motifs is 1. The summed E-state index contributed by atoms with van der Waals surface area (Å²) in [5, 5.41) is 14.6. The topological polar surface area (TPSA) is 57.6 Å². The molecule has 5 nitrogen and oxygen atoms in total. The molecule has 1 aliphatic rings. The van der Waals surface area contributed by atoms with Gasteiger partial charge in [-0.2, -0.15) is 0 Å². The second-order valence-electron chi connectivity index (χ2n) is 5.94. The highest BCUT2D eigenvalue weighted by molar-refractivity contribution is 7.18. The molecule has 2 atom stereocenters. The molecular weight excluding hydrogens is 298 g/mol. The maximum atomic E-state index is 10.2. The Hall–Kier alpha value is -1.21. The average molecular weight is 321 g/mol. The largest absolute Gasteiger partial charge is 0.491 e. The zero-order valence-electron chi connectivity index (χ0n) is 13.1. The van der Waals surface area contributed by atoms with Gasteiger partial charge in [0, 0.05) is 38.3 Å². The van der Waals surface area contributed by atoms with E-state index >= 15 is 0 Å². The fraction of sp³-hybridized carbons (Fsp3) is 0.562. The summed E-state index contributed by atoms with van der Waals surface area (Å²) in [5.41, 5.74) is 0.963. The highest BCUT2D eigenvalue weighted by Gasteiger charge is 2.18. The summed E-state index contributed by atoms with van der Waals surface area (Å²) in [6, 6.07) is 6.40. The van der Waals surface area contributed by atoms with Crippen LogP contribution in [0.4, 0.5) is 0 Å². The summed E-state index contributed by atoms with van der Waals surface area (Å²) in [4.78, 5) is 6.74. The molecule has 1 saturated heterocycles. The summed E-state index contributed by atoms with van der Waals surface area (Å²) in [5.74, 6) is 0.769. The van der Waals surface area contributed by atoms with Crippen LogP contribution in [-0.4, -0.2) is 59.9 Å². The standard InChI is InChI=1S/C16H23N3O2S/c1-11-8-19(6-5-17-11)9-13(20)10-21-14-3-4-16-15(7-14)18-12(2)22-16/h3-4,7,11,13,17,20H,5-6,8-10H2,1-2H3. The molecule has 0 spiro atoms. The van der Waals surface area contributed by atoms with E-state index in [-0.39, 0.29) is 0 Å². The van der Waals surface area contributed by atoms with Gasteiger partial charge in [0.1, 0.15) is 18.5 Å². The smallest absolute Gasteiger partial charge is 0.121 e. The maximum absolute atomic E-state index is 10.2. The third-order valence-electron chi connectivity index (χ3n) is 3.83. The van der Waals surface area contributed by atoms with Crippen LogP contribution >= 0.6 is 11.3 Å². The number of rotatable bonds is 5. The van der Waals surface area contributed by atoms with Crippen LogP contribution in [0.25, 0.3) is 10.2 Å². The minimum atomic E-state index is -0.474. The zero-order chi connectivity index (χ0) is 15.5. The van der Waals surface area contributed by atoms with Crippen molar-refractivity contribution in [3.8, 4) is 5.75 Å². The van der Waals surface area contributed by atoms with Gasteiger partial charge in [0.2, 0.25) is 0 Å². The van der Waals surface area contributed by atoms with Crippen molar-refractivity contribution in [3.63, 3.8) is 0 Å². The second-order valence-corrected chi connectivity index (χ2v) is 7.18. The Balaban J connectivity index is 1.51. The van der Waals surface area contributed by atoms with Crippen LogP contribution in [0.15, 0.2) is 18.2 Å². The lowest BCUT2D eigenvalue weighted by Crippen LogP contribution is -2.51. The van der Waals surface area contributed by atoms with E-state index in [0.29, 0.717) is 19.2 Å². The van der Waals surface area contributed by atoms with Crippen LogP contribution in [0.1, 0.15) is 11.9 Å². The quantitative estimate of drug-likeness (QED) is 0.877. The minimum absolute atomic E-state index is 0.312. The van der Waals surface area contributed by atoms with Crippen molar-refractivity contribution in [2.45, 2.75) is 26.0 Å². The van der Waals surface area contributed by atoms with Gasteiger partial charge in [0.15, 0.2) is 0 Å². The predicted molar refractivity (Wildman–Crippen MR) is 89.8 cm³/mol. The molecule has 6 heteroatoms. The van der Waals surface area contributed by atoms with Crippen molar-refractivity contribution < 1.29 is 9.84 Å². The summed E-state index contributed by atoms with van der Waals surface area (Å²) in [6.07, 6.45) is -0.474. The molecule has 0 bridgehead atoms. The molecule has 0 saturated carbocycles. The molecular formula is C16H23N3O2S. The number of thiazole rings is 1. The number of piperazine rings is 1. The molecule has 1 aromatic heterocycles. The van der Waals surface area contributed by atoms with Crippen molar-refractivity contribution in [1.29, 1.82) is 0 Å². The van der Waals surface area contributed by atoms with Crippen LogP contribution in [0.3, 0.4) is 0 Å². The second kappa shape index (κ2) is 6.91. The van der Waals surface area contributed by atoms with E-state index in [1.54, 1.807) is 11.3 Å². The zero-order valence-corrected chi connectivity index (χ0v) is 13.9. The van der Waals surface area contributed by atoms with Gasteiger partial charge >= 0.3 is 0 Å². The van der Waals surface area contributed by atoms with Gasteiger partial charge < -0.3 is 15.2 Å². The van der Waals surface area contributed by atoms with E-state index in [9.17, 15) is 5.11 Å². The van der Waals surface area contributed by atoms with Gasteiger partial charge in [-0.15, -0.1) is 11.3 Å². The number of aliphatic hydroxyl groups is 1. The van der Waals surface area contributed by atoms with Gasteiger partial charge in [-0.1, -0.05) is 0 Å². The van der Waals surface area contributed by atoms with E-state index in [0.717, 1.165) is 35.9 Å². The van der Waals surface area contributed by atoms with Crippen molar-refractivity contribution in [1.82, 2.24) is 15.2 Å². The molecule has 120 valence electrons. The molecule has 2 unspecified atom stereocenters. The molecule has 0 amide bonds. The highest BCUT2D eigenvalue weighted by atomic mass is 32.1. The monoisotopic (exact) mass is 321 g/mol. The first-order valence-corrected chi connectivity index (χ1v) is 8.55. The number of nitrogens with zero attached hydrogens (tertiary/aromatic N) is 2. The Bertz CT molecular complexity index is 631. The lowest BCUT2D eigenvalue weighted by Gasteiger charge is -2.33. The maximum Gasteiger partial charge on any atom is 0.121 e. The van der Waals surface area contributed by atoms with E-state index in [1.165, 1.54) is 4.70 Å². The number of nitrogens with one attached hydrogen (secondary N) is 1. The molecule has 1 aromatic carbocycles. The summed E-state index contributed by atoms with van der Waals surface area (Å²) >= 11 is 1.68. The Labute approximate surface area is 134 Å². The number of ether oxygens (including phenoxy) is 1. The number of aromatic nitrogens is 1. The molecule has 2 aromatic rings. The minimum Gasteiger partial charge on any atom is -0.491 e. The molecule has 3 rings (SSSR count). The van der Waals surface area contributed by atoms with Gasteiger partial charge in [-0.25, -0.2) is 4.98 Å². The molecule has 2 heterocycles. The third kappa shape index (κ3) is 3.95. The van der Waals surface area contributed by atoms with Crippen LogP contribution in [0, 0.1) is 6.92 Å². The third-order valence-corrected chi connectivity index (χ3v) is 4.78. The highest BCUT2D eigenvalue weighted by Crippen LogP contribution is 2.25. The van der Waals surface area contributed by atoms with Crippen LogP contribution < -0.4 is 10.1 Å². The first kappa shape index (κ1) is 15.7. The lowest BCUT2D eigenvalue weighted by atomic mass is 10.2. The van der Waals surface area contributed by atoms with E-state index in [1.807, 2.05) is 25.1 Å². The number of aryl methyl sites for hydroxylation is 1. The SMILES string of the molecule is Cc1nc2cc(OCC(O)CN3CCNC(C)C3)ccc2s1. The number of benzene rings is 1. The van der Waals surface area contributed by atoms with Crippen molar-refractivity contribution in [3.05, 3.63) is 23.2 Å². The average Bonchev–Trinajstić information content (AvgIpc) is 2.84. The van der Waals surface area contributed by atoms with Gasteiger partial charge in [-0.05, 0) is 26.0 Å². The first-order valence-electron chi connectivity index (χ1n) is 7.74. The van der Waals surface area contributed by atoms with Crippen LogP contribution in [0.5, 0.6) is 5.75 Å². The Morgan fingerprint density at radius 2 is 2.41 bits per heavy atom. The van der Waals surface area contributed by atoms with Crippen molar-refractivity contribution in [2.75, 3.05) is 32.8 Å². The molecule has 1 aliphatic heterocycles. The van der Waals surface area contributed by atoms with Gasteiger partial charge in [0.25, 0.3) is 0 Å². The number of β-amino-alcohol motifs (C(OH)–C–C–N with tert-alkyl or cyclic N) is 1. The summed E-state index contributed by atoms with van der Waals surface area (Å²) < 4.78 is 6.89. The number of hydrogen-bond donors (Lipinski definition) is 2. The molecule has 1 fully saturated rings. The van der Waals surface area contributed by atoms with Crippen molar-refractivity contribution >= 4 is 21.6 Å². The van der Waals surface area contributed by atoms with Gasteiger partial charge in [-0.3, -0.25) is 4.90 Å². The van der Waals surface area contributed by atoms with Crippen LogP contribution in [-0.2, 0) is 0 Å². The Kier molecular flexibility index (Phi) is 4.93. The molecule has 22 heavy (non-hydrogen) atoms. The van der Waals surface area contributed by atoms with E-state index in [2.05, 4.69) is 22.1 Å². The fourth-order valence-corrected chi connectivity index (χ4v) is 3.64. The number of hydrogen-bond acceptors (Lipinski definition) is 6. The summed E-state index contributed by atoms with van der Waals surface area (Å²) in [7, 11) is 0. The van der Waals surface area contributed by atoms with E-state index < -0.39 is 6.10 Å². The predicted octanol–water partition coefficient (Wildman–Crippen LogP) is 1.64. The molecule has 0 radical (unpaired) electrons. The van der Waals surface area contributed by atoms with Gasteiger partial charge in [0.05, 0.1) is 15.2 Å². The van der Waals surface area contributed by atoms with E-state index in [4.69, 9.17) is 4.74 Å². The van der Waals surface area contributed by atoms with Crippen LogP contribution in [0.2, 0.25) is 0 Å². The molecule has 0 aliphatic carbocycles. The number of aliphatic hydroxyl groups excluding tert-OH is 1. The lowest BCUT2D eigenvalue weighted by molar-refractivity contribution is 0.0589. The fourth-order valence-electron chi connectivity index (χ4n) is 2.83. The molecule has 2 N–H and O–H groups in total.